The van der Waals surface area contributed by atoms with E-state index in [0.29, 0.717) is 6.10 Å². The minimum atomic E-state index is 0. The van der Waals surface area contributed by atoms with Crippen LogP contribution in [0.4, 0.5) is 0 Å². The molecule has 1 saturated heterocycles. The Labute approximate surface area is 114 Å². The molecule has 1 heterocycles. The molecule has 18 heavy (non-hydrogen) atoms. The molecule has 1 fully saturated rings. The Morgan fingerprint density at radius 3 is 1.61 bits per heavy atom. The van der Waals surface area contributed by atoms with Crippen molar-refractivity contribution < 1.29 is 10.2 Å². The molecule has 0 saturated carbocycles. The lowest BCUT2D eigenvalue weighted by atomic mass is 10.0. The first-order valence-corrected chi connectivity index (χ1v) is 8.05. The van der Waals surface area contributed by atoms with Crippen LogP contribution in [0.5, 0.6) is 0 Å². The summed E-state index contributed by atoms with van der Waals surface area (Å²) < 4.78 is 5.42. The van der Waals surface area contributed by atoms with Gasteiger partial charge in [0.25, 0.3) is 0 Å². The molecule has 0 aliphatic carbocycles. The van der Waals surface area contributed by atoms with Crippen molar-refractivity contribution in [3.8, 4) is 0 Å². The van der Waals surface area contributed by atoms with Crippen molar-refractivity contribution >= 4 is 0 Å². The molecule has 0 aromatic carbocycles. The molecule has 0 amide bonds. The van der Waals surface area contributed by atoms with Crippen molar-refractivity contribution in [1.82, 2.24) is 0 Å². The monoisotopic (exact) mass is 258 g/mol. The normalized spacial score (nSPS) is 18.2. The average molecular weight is 258 g/mol. The molecule has 110 valence electrons. The molecule has 2 nitrogen and oxygen atoms in total. The molecular formula is C16H34O2. The van der Waals surface area contributed by atoms with Crippen LogP contribution < -0.4 is 0 Å². The second-order valence-electron chi connectivity index (χ2n) is 5.61. The van der Waals surface area contributed by atoms with Crippen LogP contribution in [0.15, 0.2) is 0 Å². The van der Waals surface area contributed by atoms with E-state index in [1.807, 2.05) is 0 Å². The van der Waals surface area contributed by atoms with Gasteiger partial charge in [0.2, 0.25) is 0 Å². The molecule has 0 aromatic heterocycles. The number of rotatable bonds is 12. The minimum Gasteiger partial charge on any atom is -0.412 e. The quantitative estimate of drug-likeness (QED) is 0.470. The Hall–Kier alpha value is -0.0800. The van der Waals surface area contributed by atoms with Crippen LogP contribution in [0, 0.1) is 0 Å². The maximum Gasteiger partial charge on any atom is 0.0597 e. The van der Waals surface area contributed by atoms with E-state index in [-0.39, 0.29) is 5.48 Å². The average Bonchev–Trinajstić information content (AvgIpc) is 2.28. The van der Waals surface area contributed by atoms with Crippen LogP contribution in [0.1, 0.15) is 90.4 Å². The topological polar surface area (TPSA) is 40.7 Å². The first kappa shape index (κ1) is 17.9. The fourth-order valence-electron chi connectivity index (χ4n) is 2.55. The molecular weight excluding hydrogens is 224 g/mol. The Bertz CT molecular complexity index is 155. The Morgan fingerprint density at radius 2 is 1.22 bits per heavy atom. The summed E-state index contributed by atoms with van der Waals surface area (Å²) in [7, 11) is 0. The molecule has 1 unspecified atom stereocenters. The SMILES string of the molecule is CCCCCCCCCCCCCC1CCO1.O. The van der Waals surface area contributed by atoms with Crippen LogP contribution in [0.25, 0.3) is 0 Å². The van der Waals surface area contributed by atoms with E-state index in [2.05, 4.69) is 6.92 Å². The van der Waals surface area contributed by atoms with Gasteiger partial charge in [-0.1, -0.05) is 77.6 Å². The van der Waals surface area contributed by atoms with Gasteiger partial charge >= 0.3 is 0 Å². The van der Waals surface area contributed by atoms with Crippen LogP contribution in [-0.2, 0) is 4.74 Å². The zero-order valence-electron chi connectivity index (χ0n) is 12.4. The van der Waals surface area contributed by atoms with E-state index in [0.717, 1.165) is 6.61 Å². The second-order valence-corrected chi connectivity index (χ2v) is 5.61. The summed E-state index contributed by atoms with van der Waals surface area (Å²) in [5.41, 5.74) is 0. The Balaban J connectivity index is 0.00000289. The highest BCUT2D eigenvalue weighted by atomic mass is 16.5. The van der Waals surface area contributed by atoms with Crippen LogP contribution in [-0.4, -0.2) is 18.2 Å². The highest BCUT2D eigenvalue weighted by Gasteiger charge is 2.16. The Morgan fingerprint density at radius 1 is 0.778 bits per heavy atom. The van der Waals surface area contributed by atoms with Gasteiger partial charge in [0, 0.05) is 6.61 Å². The molecule has 1 aliphatic heterocycles. The highest BCUT2D eigenvalue weighted by Crippen LogP contribution is 2.19. The van der Waals surface area contributed by atoms with Crippen molar-refractivity contribution in [3.63, 3.8) is 0 Å². The fourth-order valence-corrected chi connectivity index (χ4v) is 2.55. The summed E-state index contributed by atoms with van der Waals surface area (Å²) in [5, 5.41) is 0. The molecule has 0 bridgehead atoms. The summed E-state index contributed by atoms with van der Waals surface area (Å²) in [5.74, 6) is 0. The first-order valence-electron chi connectivity index (χ1n) is 8.05. The van der Waals surface area contributed by atoms with E-state index in [9.17, 15) is 0 Å². The predicted octanol–water partition coefficient (Wildman–Crippen LogP) is 4.65. The van der Waals surface area contributed by atoms with Gasteiger partial charge in [-0.15, -0.1) is 0 Å². The lowest BCUT2D eigenvalue weighted by Gasteiger charge is -2.26. The van der Waals surface area contributed by atoms with Crippen LogP contribution in [0.3, 0.4) is 0 Å². The molecule has 0 radical (unpaired) electrons. The zero-order valence-corrected chi connectivity index (χ0v) is 12.4. The maximum atomic E-state index is 5.42. The van der Waals surface area contributed by atoms with Gasteiger partial charge in [-0.3, -0.25) is 0 Å². The zero-order chi connectivity index (χ0) is 12.2. The molecule has 0 aromatic rings. The summed E-state index contributed by atoms with van der Waals surface area (Å²) in [4.78, 5) is 0. The van der Waals surface area contributed by atoms with Crippen molar-refractivity contribution in [2.75, 3.05) is 6.61 Å². The van der Waals surface area contributed by atoms with Crippen molar-refractivity contribution in [1.29, 1.82) is 0 Å². The number of hydrogen-bond acceptors (Lipinski definition) is 1. The van der Waals surface area contributed by atoms with Gasteiger partial charge in [-0.05, 0) is 12.8 Å². The fraction of sp³-hybridized carbons (Fsp3) is 1.00. The Kier molecular flexibility index (Phi) is 13.3. The van der Waals surface area contributed by atoms with Crippen molar-refractivity contribution in [2.45, 2.75) is 96.5 Å². The second kappa shape index (κ2) is 13.4. The van der Waals surface area contributed by atoms with E-state index >= 15 is 0 Å². The third-order valence-electron chi connectivity index (χ3n) is 3.92. The lowest BCUT2D eigenvalue weighted by Crippen LogP contribution is -2.26. The molecule has 1 aliphatic rings. The molecule has 2 heteroatoms. The number of hydrogen-bond donors (Lipinski definition) is 0. The standard InChI is InChI=1S/C16H32O.H2O/c1-2-3-4-5-6-7-8-9-10-11-12-13-16-14-15-17-16;/h16H,2-15H2,1H3;1H2. The van der Waals surface area contributed by atoms with Gasteiger partial charge in [0.15, 0.2) is 0 Å². The van der Waals surface area contributed by atoms with Gasteiger partial charge < -0.3 is 10.2 Å². The molecule has 2 N–H and O–H groups in total. The van der Waals surface area contributed by atoms with Gasteiger partial charge in [-0.2, -0.15) is 0 Å². The number of ether oxygens (including phenoxy) is 1. The molecule has 1 atom stereocenters. The summed E-state index contributed by atoms with van der Waals surface area (Å²) in [6, 6.07) is 0. The largest absolute Gasteiger partial charge is 0.412 e. The third-order valence-corrected chi connectivity index (χ3v) is 3.92. The maximum absolute atomic E-state index is 5.42. The van der Waals surface area contributed by atoms with E-state index in [1.54, 1.807) is 0 Å². The summed E-state index contributed by atoms with van der Waals surface area (Å²) in [6.45, 7) is 3.30. The van der Waals surface area contributed by atoms with Gasteiger partial charge in [-0.25, -0.2) is 0 Å². The van der Waals surface area contributed by atoms with E-state index in [1.165, 1.54) is 83.5 Å². The van der Waals surface area contributed by atoms with Crippen LogP contribution in [0.2, 0.25) is 0 Å². The smallest absolute Gasteiger partial charge is 0.0597 e. The minimum absolute atomic E-state index is 0. The van der Waals surface area contributed by atoms with Crippen molar-refractivity contribution in [2.24, 2.45) is 0 Å². The van der Waals surface area contributed by atoms with Crippen LogP contribution >= 0.6 is 0 Å². The van der Waals surface area contributed by atoms with E-state index in [4.69, 9.17) is 4.74 Å². The summed E-state index contributed by atoms with van der Waals surface area (Å²) >= 11 is 0. The highest BCUT2D eigenvalue weighted by molar-refractivity contribution is 4.65. The van der Waals surface area contributed by atoms with Gasteiger partial charge in [0.1, 0.15) is 0 Å². The predicted molar refractivity (Wildman–Crippen MR) is 79.0 cm³/mol. The molecule has 1 rings (SSSR count). The third kappa shape index (κ3) is 9.90. The lowest BCUT2D eigenvalue weighted by molar-refractivity contribution is -0.0555. The van der Waals surface area contributed by atoms with Crippen molar-refractivity contribution in [3.05, 3.63) is 0 Å². The number of unbranched alkanes of at least 4 members (excludes halogenated alkanes) is 10. The summed E-state index contributed by atoms with van der Waals surface area (Å²) in [6.07, 6.45) is 19.1. The first-order chi connectivity index (χ1) is 8.43. The molecule has 0 spiro atoms. The van der Waals surface area contributed by atoms with E-state index < -0.39 is 0 Å². The van der Waals surface area contributed by atoms with Gasteiger partial charge in [0.05, 0.1) is 6.10 Å².